The van der Waals surface area contributed by atoms with Crippen molar-refractivity contribution >= 4 is 28.8 Å². The Hall–Kier alpha value is -1.63. The van der Waals surface area contributed by atoms with E-state index in [1.54, 1.807) is 12.1 Å². The van der Waals surface area contributed by atoms with Crippen LogP contribution < -0.4 is 10.5 Å². The number of carbonyl (C=O) groups excluding carboxylic acids is 1. The maximum atomic E-state index is 12.5. The van der Waals surface area contributed by atoms with E-state index < -0.39 is 0 Å². The molecule has 0 saturated carbocycles. The highest BCUT2D eigenvalue weighted by molar-refractivity contribution is 7.09. The molecule has 0 spiro atoms. The second-order valence-electron chi connectivity index (χ2n) is 6.12. The number of hydrogen-bond acceptors (Lipinski definition) is 5. The number of thiazole rings is 1. The van der Waals surface area contributed by atoms with E-state index in [-0.39, 0.29) is 11.9 Å². The van der Waals surface area contributed by atoms with Crippen LogP contribution in [0.5, 0.6) is 5.75 Å². The van der Waals surface area contributed by atoms with Crippen LogP contribution in [0.2, 0.25) is 5.02 Å². The fraction of sp³-hybridized carbons (Fsp3) is 0.444. The highest BCUT2D eigenvalue weighted by atomic mass is 35.5. The van der Waals surface area contributed by atoms with E-state index in [9.17, 15) is 4.79 Å². The van der Waals surface area contributed by atoms with Crippen molar-refractivity contribution in [2.75, 3.05) is 13.1 Å². The first-order chi connectivity index (χ1) is 12.2. The third-order valence-corrected chi connectivity index (χ3v) is 5.45. The molecule has 1 saturated heterocycles. The highest BCUT2D eigenvalue weighted by Crippen LogP contribution is 2.20. The molecule has 0 aliphatic carbocycles. The summed E-state index contributed by atoms with van der Waals surface area (Å²) in [7, 11) is 0. The second-order valence-corrected chi connectivity index (χ2v) is 7.50. The molecule has 1 aliphatic rings. The average molecular weight is 380 g/mol. The number of ether oxygens (including phenoxy) is 1. The molecule has 1 aromatic heterocycles. The average Bonchev–Trinajstić information content (AvgIpc) is 3.08. The van der Waals surface area contributed by atoms with Gasteiger partial charge in [0.25, 0.3) is 0 Å². The van der Waals surface area contributed by atoms with Crippen LogP contribution in [0.1, 0.15) is 30.0 Å². The summed E-state index contributed by atoms with van der Waals surface area (Å²) in [6, 6.07) is 7.39. The van der Waals surface area contributed by atoms with Crippen molar-refractivity contribution < 1.29 is 9.53 Å². The molecule has 1 atom stereocenters. The zero-order chi connectivity index (χ0) is 17.6. The van der Waals surface area contributed by atoms with Gasteiger partial charge in [0.05, 0.1) is 12.1 Å². The Kier molecular flexibility index (Phi) is 6.29. The predicted octanol–water partition coefficient (Wildman–Crippen LogP) is 3.26. The number of piperidine rings is 1. The van der Waals surface area contributed by atoms with Gasteiger partial charge < -0.3 is 15.4 Å². The Morgan fingerprint density at radius 1 is 1.36 bits per heavy atom. The van der Waals surface area contributed by atoms with Crippen molar-refractivity contribution in [2.24, 2.45) is 5.73 Å². The van der Waals surface area contributed by atoms with Gasteiger partial charge in [0.15, 0.2) is 0 Å². The molecule has 25 heavy (non-hydrogen) atoms. The maximum absolute atomic E-state index is 12.5. The van der Waals surface area contributed by atoms with E-state index >= 15 is 0 Å². The fourth-order valence-corrected chi connectivity index (χ4v) is 3.83. The monoisotopic (exact) mass is 379 g/mol. The number of carbonyl (C=O) groups is 1. The Labute approximate surface area is 156 Å². The van der Waals surface area contributed by atoms with E-state index in [2.05, 4.69) is 4.98 Å². The van der Waals surface area contributed by atoms with E-state index in [1.807, 2.05) is 22.4 Å². The van der Waals surface area contributed by atoms with Gasteiger partial charge in [-0.3, -0.25) is 4.79 Å². The number of aromatic nitrogens is 1. The van der Waals surface area contributed by atoms with Crippen LogP contribution in [0.4, 0.5) is 0 Å². The Bertz CT molecular complexity index is 705. The number of nitrogens with two attached hydrogens (primary N) is 1. The van der Waals surface area contributed by atoms with Crippen molar-refractivity contribution in [3.05, 3.63) is 45.4 Å². The Morgan fingerprint density at radius 2 is 2.16 bits per heavy atom. The van der Waals surface area contributed by atoms with Crippen LogP contribution in [-0.2, 0) is 17.8 Å². The fourth-order valence-electron chi connectivity index (χ4n) is 3.00. The standard InChI is InChI=1S/C18H22ClN3O2S/c19-13-4-6-16(7-5-13)24-11-17-21-14(12-25-17)9-18(23)22-8-2-1-3-15(22)10-20/h4-7,12,15H,1-3,8-11,20H2. The minimum absolute atomic E-state index is 0.116. The van der Waals surface area contributed by atoms with Crippen molar-refractivity contribution in [1.82, 2.24) is 9.88 Å². The zero-order valence-electron chi connectivity index (χ0n) is 14.0. The molecule has 1 fully saturated rings. The molecule has 1 aliphatic heterocycles. The zero-order valence-corrected chi connectivity index (χ0v) is 15.6. The summed E-state index contributed by atoms with van der Waals surface area (Å²) in [4.78, 5) is 19.0. The molecule has 0 bridgehead atoms. The molecular formula is C18H22ClN3O2S. The van der Waals surface area contributed by atoms with Crippen LogP contribution in [0, 0.1) is 0 Å². The number of halogens is 1. The van der Waals surface area contributed by atoms with Gasteiger partial charge in [-0.2, -0.15) is 0 Å². The van der Waals surface area contributed by atoms with Gasteiger partial charge in [0, 0.05) is 29.5 Å². The summed E-state index contributed by atoms with van der Waals surface area (Å²) in [5.41, 5.74) is 6.60. The van der Waals surface area contributed by atoms with Crippen LogP contribution in [0.3, 0.4) is 0 Å². The van der Waals surface area contributed by atoms with E-state index in [1.165, 1.54) is 11.3 Å². The van der Waals surface area contributed by atoms with Gasteiger partial charge >= 0.3 is 0 Å². The van der Waals surface area contributed by atoms with Crippen LogP contribution >= 0.6 is 22.9 Å². The number of hydrogen-bond donors (Lipinski definition) is 1. The van der Waals surface area contributed by atoms with Crippen LogP contribution in [-0.4, -0.2) is 34.9 Å². The molecule has 134 valence electrons. The summed E-state index contributed by atoms with van der Waals surface area (Å²) >= 11 is 7.37. The number of rotatable bonds is 6. The topological polar surface area (TPSA) is 68.5 Å². The lowest BCUT2D eigenvalue weighted by Crippen LogP contribution is -2.48. The normalized spacial score (nSPS) is 17.5. The molecule has 3 rings (SSSR count). The lowest BCUT2D eigenvalue weighted by Gasteiger charge is -2.35. The molecular weight excluding hydrogens is 358 g/mol. The first-order valence-corrected chi connectivity index (χ1v) is 9.72. The summed E-state index contributed by atoms with van der Waals surface area (Å²) in [5, 5.41) is 3.46. The molecule has 1 aromatic carbocycles. The largest absolute Gasteiger partial charge is 0.486 e. The summed E-state index contributed by atoms with van der Waals surface area (Å²) in [5.74, 6) is 0.863. The van der Waals surface area contributed by atoms with Gasteiger partial charge in [-0.15, -0.1) is 11.3 Å². The Morgan fingerprint density at radius 3 is 2.92 bits per heavy atom. The third-order valence-electron chi connectivity index (χ3n) is 4.33. The minimum Gasteiger partial charge on any atom is -0.486 e. The minimum atomic E-state index is 0.116. The van der Waals surface area contributed by atoms with Crippen molar-refractivity contribution in [2.45, 2.75) is 38.3 Å². The van der Waals surface area contributed by atoms with Crippen LogP contribution in [0.15, 0.2) is 29.6 Å². The highest BCUT2D eigenvalue weighted by Gasteiger charge is 2.25. The second kappa shape index (κ2) is 8.65. The van der Waals surface area contributed by atoms with E-state index in [0.717, 1.165) is 42.3 Å². The molecule has 5 nitrogen and oxygen atoms in total. The lowest BCUT2D eigenvalue weighted by molar-refractivity contribution is -0.133. The molecule has 2 aromatic rings. The van der Waals surface area contributed by atoms with Gasteiger partial charge in [0.2, 0.25) is 5.91 Å². The van der Waals surface area contributed by atoms with E-state index in [0.29, 0.717) is 24.6 Å². The van der Waals surface area contributed by atoms with Crippen LogP contribution in [0.25, 0.3) is 0 Å². The van der Waals surface area contributed by atoms with Gasteiger partial charge in [-0.25, -0.2) is 4.98 Å². The number of nitrogens with zero attached hydrogens (tertiary/aromatic N) is 2. The van der Waals surface area contributed by atoms with Crippen molar-refractivity contribution in [1.29, 1.82) is 0 Å². The Balaban J connectivity index is 1.54. The number of amides is 1. The van der Waals surface area contributed by atoms with Gasteiger partial charge in [-0.1, -0.05) is 11.6 Å². The first-order valence-electron chi connectivity index (χ1n) is 8.47. The number of benzene rings is 1. The maximum Gasteiger partial charge on any atom is 0.228 e. The SMILES string of the molecule is NCC1CCCCN1C(=O)Cc1csc(COc2ccc(Cl)cc2)n1. The van der Waals surface area contributed by atoms with Crippen molar-refractivity contribution in [3.8, 4) is 5.75 Å². The molecule has 2 N–H and O–H groups in total. The molecule has 2 heterocycles. The lowest BCUT2D eigenvalue weighted by atomic mass is 10.0. The van der Waals surface area contributed by atoms with Gasteiger partial charge in [-0.05, 0) is 43.5 Å². The van der Waals surface area contributed by atoms with Gasteiger partial charge in [0.1, 0.15) is 17.4 Å². The third kappa shape index (κ3) is 4.93. The smallest absolute Gasteiger partial charge is 0.228 e. The predicted molar refractivity (Wildman–Crippen MR) is 100 cm³/mol. The van der Waals surface area contributed by atoms with Crippen molar-refractivity contribution in [3.63, 3.8) is 0 Å². The number of likely N-dealkylation sites (tertiary alicyclic amines) is 1. The first kappa shape index (κ1) is 18.2. The summed E-state index contributed by atoms with van der Waals surface area (Å²) in [6.07, 6.45) is 3.53. The molecule has 7 heteroatoms. The molecule has 1 unspecified atom stereocenters. The van der Waals surface area contributed by atoms with E-state index in [4.69, 9.17) is 22.1 Å². The molecule has 0 radical (unpaired) electrons. The summed E-state index contributed by atoms with van der Waals surface area (Å²) in [6.45, 7) is 1.72. The summed E-state index contributed by atoms with van der Waals surface area (Å²) < 4.78 is 5.69. The molecule has 1 amide bonds. The quantitative estimate of drug-likeness (QED) is 0.836.